The zero-order chi connectivity index (χ0) is 18.9. The van der Waals surface area contributed by atoms with Crippen LogP contribution in [0.25, 0.3) is 0 Å². The van der Waals surface area contributed by atoms with Gasteiger partial charge in [0.05, 0.1) is 26.7 Å². The number of esters is 1. The van der Waals surface area contributed by atoms with Crippen LogP contribution in [0.15, 0.2) is 18.2 Å². The number of urea groups is 1. The predicted octanol–water partition coefficient (Wildman–Crippen LogP) is 2.23. The molecule has 7 nitrogen and oxygen atoms in total. The van der Waals surface area contributed by atoms with E-state index in [1.165, 1.54) is 0 Å². The van der Waals surface area contributed by atoms with Gasteiger partial charge in [-0.3, -0.25) is 4.79 Å². The van der Waals surface area contributed by atoms with Crippen LogP contribution in [0.2, 0.25) is 0 Å². The van der Waals surface area contributed by atoms with E-state index in [1.807, 2.05) is 18.2 Å². The lowest BCUT2D eigenvalue weighted by molar-refractivity contribution is -0.149. The first-order valence-electron chi connectivity index (χ1n) is 8.99. The Balaban J connectivity index is 1.82. The molecule has 26 heavy (non-hydrogen) atoms. The monoisotopic (exact) mass is 364 g/mol. The van der Waals surface area contributed by atoms with Crippen molar-refractivity contribution in [1.29, 1.82) is 0 Å². The highest BCUT2D eigenvalue weighted by Crippen LogP contribution is 2.27. The van der Waals surface area contributed by atoms with Gasteiger partial charge in [0.25, 0.3) is 0 Å². The third-order valence-corrected chi connectivity index (χ3v) is 4.47. The number of ether oxygens (including phenoxy) is 3. The fraction of sp³-hybridized carbons (Fsp3) is 0.579. The number of methoxy groups -OCH3 is 2. The second-order valence-electron chi connectivity index (χ2n) is 6.21. The standard InChI is InChI=1S/C19H28N2O5/c1-4-26-18(22)15-6-5-11-21(13-15)19(23)20-10-9-14-7-8-16(24-2)17(12-14)25-3/h7-8,12,15H,4-6,9-11,13H2,1-3H3,(H,20,23). The number of nitrogens with one attached hydrogen (secondary N) is 1. The van der Waals surface area contributed by atoms with Gasteiger partial charge in [-0.1, -0.05) is 6.07 Å². The number of hydrogen-bond donors (Lipinski definition) is 1. The zero-order valence-corrected chi connectivity index (χ0v) is 15.7. The topological polar surface area (TPSA) is 77.1 Å². The van der Waals surface area contributed by atoms with Crippen LogP contribution in [0, 0.1) is 5.92 Å². The Morgan fingerprint density at radius 1 is 1.23 bits per heavy atom. The van der Waals surface area contributed by atoms with Crippen molar-refractivity contribution in [1.82, 2.24) is 10.2 Å². The van der Waals surface area contributed by atoms with Crippen LogP contribution >= 0.6 is 0 Å². The van der Waals surface area contributed by atoms with Crippen LogP contribution in [0.3, 0.4) is 0 Å². The van der Waals surface area contributed by atoms with Crippen LogP contribution in [0.1, 0.15) is 25.3 Å². The number of carbonyl (C=O) groups is 2. The van der Waals surface area contributed by atoms with E-state index in [9.17, 15) is 9.59 Å². The van der Waals surface area contributed by atoms with Crippen molar-refractivity contribution in [2.45, 2.75) is 26.2 Å². The van der Waals surface area contributed by atoms with Crippen LogP contribution in [-0.4, -0.2) is 57.4 Å². The normalized spacial score (nSPS) is 16.7. The maximum Gasteiger partial charge on any atom is 0.317 e. The van der Waals surface area contributed by atoms with Crippen LogP contribution in [0.4, 0.5) is 4.79 Å². The molecule has 1 fully saturated rings. The summed E-state index contributed by atoms with van der Waals surface area (Å²) in [5, 5.41) is 2.92. The summed E-state index contributed by atoms with van der Waals surface area (Å²) in [5.74, 6) is 0.916. The van der Waals surface area contributed by atoms with Gasteiger partial charge in [0.15, 0.2) is 11.5 Å². The lowest BCUT2D eigenvalue weighted by atomic mass is 9.98. The molecule has 0 saturated carbocycles. The number of rotatable bonds is 7. The van der Waals surface area contributed by atoms with Gasteiger partial charge in [-0.05, 0) is 43.9 Å². The van der Waals surface area contributed by atoms with Gasteiger partial charge in [0.2, 0.25) is 0 Å². The van der Waals surface area contributed by atoms with Crippen molar-refractivity contribution in [2.75, 3.05) is 40.5 Å². The van der Waals surface area contributed by atoms with Gasteiger partial charge in [-0.2, -0.15) is 0 Å². The number of nitrogens with zero attached hydrogens (tertiary/aromatic N) is 1. The van der Waals surface area contributed by atoms with Gasteiger partial charge < -0.3 is 24.4 Å². The largest absolute Gasteiger partial charge is 0.493 e. The minimum absolute atomic E-state index is 0.139. The summed E-state index contributed by atoms with van der Waals surface area (Å²) in [6.07, 6.45) is 2.27. The molecule has 1 heterocycles. The molecule has 0 spiro atoms. The first-order valence-corrected chi connectivity index (χ1v) is 8.99. The molecular formula is C19H28N2O5. The number of amides is 2. The van der Waals surface area contributed by atoms with E-state index in [0.717, 1.165) is 18.4 Å². The molecule has 1 aliphatic heterocycles. The van der Waals surface area contributed by atoms with E-state index in [0.29, 0.717) is 44.2 Å². The summed E-state index contributed by atoms with van der Waals surface area (Å²) >= 11 is 0. The minimum atomic E-state index is -0.222. The molecule has 1 N–H and O–H groups in total. The molecule has 1 unspecified atom stereocenters. The quantitative estimate of drug-likeness (QED) is 0.751. The smallest absolute Gasteiger partial charge is 0.317 e. The number of piperidine rings is 1. The van der Waals surface area contributed by atoms with Crippen molar-refractivity contribution < 1.29 is 23.8 Å². The van der Waals surface area contributed by atoms with E-state index in [2.05, 4.69) is 5.32 Å². The van der Waals surface area contributed by atoms with Crippen molar-refractivity contribution >= 4 is 12.0 Å². The van der Waals surface area contributed by atoms with Gasteiger partial charge in [0, 0.05) is 19.6 Å². The Bertz CT molecular complexity index is 620. The molecule has 2 amide bonds. The summed E-state index contributed by atoms with van der Waals surface area (Å²) < 4.78 is 15.6. The first kappa shape index (κ1) is 19.9. The van der Waals surface area contributed by atoms with E-state index >= 15 is 0 Å². The lowest BCUT2D eigenvalue weighted by Crippen LogP contribution is -2.47. The third kappa shape index (κ3) is 5.28. The average molecular weight is 364 g/mol. The molecule has 7 heteroatoms. The summed E-state index contributed by atoms with van der Waals surface area (Å²) in [6.45, 7) is 3.75. The molecule has 1 aliphatic rings. The molecule has 1 aromatic rings. The SMILES string of the molecule is CCOC(=O)C1CCCN(C(=O)NCCc2ccc(OC)c(OC)c2)C1. The second kappa shape index (κ2) is 9.89. The third-order valence-electron chi connectivity index (χ3n) is 4.47. The highest BCUT2D eigenvalue weighted by atomic mass is 16.5. The molecule has 1 atom stereocenters. The Kier molecular flexibility index (Phi) is 7.56. The van der Waals surface area contributed by atoms with Crippen molar-refractivity contribution in [3.63, 3.8) is 0 Å². The van der Waals surface area contributed by atoms with Crippen LogP contribution in [0.5, 0.6) is 11.5 Å². The summed E-state index contributed by atoms with van der Waals surface area (Å²) in [7, 11) is 3.19. The van der Waals surface area contributed by atoms with E-state index in [4.69, 9.17) is 14.2 Å². The van der Waals surface area contributed by atoms with Crippen molar-refractivity contribution in [3.8, 4) is 11.5 Å². The molecule has 1 saturated heterocycles. The lowest BCUT2D eigenvalue weighted by Gasteiger charge is -2.31. The van der Waals surface area contributed by atoms with Crippen LogP contribution in [-0.2, 0) is 16.0 Å². The predicted molar refractivity (Wildman–Crippen MR) is 97.6 cm³/mol. The molecule has 1 aromatic carbocycles. The Hall–Kier alpha value is -2.44. The Morgan fingerprint density at radius 3 is 2.69 bits per heavy atom. The van der Waals surface area contributed by atoms with Gasteiger partial charge in [-0.25, -0.2) is 4.79 Å². The Morgan fingerprint density at radius 2 is 2.00 bits per heavy atom. The second-order valence-corrected chi connectivity index (χ2v) is 6.21. The molecule has 0 aliphatic carbocycles. The Labute approximate surface area is 154 Å². The number of carbonyl (C=O) groups excluding carboxylic acids is 2. The summed E-state index contributed by atoms with van der Waals surface area (Å²) in [4.78, 5) is 25.9. The highest BCUT2D eigenvalue weighted by Gasteiger charge is 2.29. The summed E-state index contributed by atoms with van der Waals surface area (Å²) in [5.41, 5.74) is 1.05. The average Bonchev–Trinajstić information content (AvgIpc) is 2.68. The van der Waals surface area contributed by atoms with Crippen LogP contribution < -0.4 is 14.8 Å². The number of benzene rings is 1. The van der Waals surface area contributed by atoms with Crippen molar-refractivity contribution in [3.05, 3.63) is 23.8 Å². The zero-order valence-electron chi connectivity index (χ0n) is 15.7. The molecule has 144 valence electrons. The maximum absolute atomic E-state index is 12.4. The molecule has 0 bridgehead atoms. The minimum Gasteiger partial charge on any atom is -0.493 e. The highest BCUT2D eigenvalue weighted by molar-refractivity contribution is 5.77. The van der Waals surface area contributed by atoms with E-state index < -0.39 is 0 Å². The summed E-state index contributed by atoms with van der Waals surface area (Å²) in [6, 6.07) is 5.57. The van der Waals surface area contributed by atoms with Gasteiger partial charge in [-0.15, -0.1) is 0 Å². The van der Waals surface area contributed by atoms with Gasteiger partial charge >= 0.3 is 12.0 Å². The molecular weight excluding hydrogens is 336 g/mol. The number of hydrogen-bond acceptors (Lipinski definition) is 5. The maximum atomic E-state index is 12.4. The number of likely N-dealkylation sites (tertiary alicyclic amines) is 1. The van der Waals surface area contributed by atoms with E-state index in [-0.39, 0.29) is 17.9 Å². The first-order chi connectivity index (χ1) is 12.6. The van der Waals surface area contributed by atoms with E-state index in [1.54, 1.807) is 26.0 Å². The molecule has 2 rings (SSSR count). The molecule has 0 radical (unpaired) electrons. The molecule has 0 aromatic heterocycles. The fourth-order valence-corrected chi connectivity index (χ4v) is 3.08. The van der Waals surface area contributed by atoms with Gasteiger partial charge in [0.1, 0.15) is 0 Å². The van der Waals surface area contributed by atoms with Crippen molar-refractivity contribution in [2.24, 2.45) is 5.92 Å². The fourth-order valence-electron chi connectivity index (χ4n) is 3.08.